The van der Waals surface area contributed by atoms with Gasteiger partial charge in [-0.1, -0.05) is 0 Å². The van der Waals surface area contributed by atoms with Crippen molar-refractivity contribution in [1.29, 1.82) is 0 Å². The summed E-state index contributed by atoms with van der Waals surface area (Å²) in [6.07, 6.45) is -3.06. The van der Waals surface area contributed by atoms with Crippen LogP contribution < -0.4 is 0 Å². The molecule has 5 heteroatoms. The Morgan fingerprint density at radius 2 is 1.62 bits per heavy atom. The standard InChI is InChI=1S/C8H15NO4/c10-4-1-2-9-3-5(11)7(12)8(13)6(4)9/h4-8,10-13H,1-3H2/t4-,5?,6?,7?,8-/m1/s1. The minimum absolute atomic E-state index is 0.333. The minimum atomic E-state index is -1.13. The van der Waals surface area contributed by atoms with Crippen molar-refractivity contribution in [2.24, 2.45) is 0 Å². The van der Waals surface area contributed by atoms with Crippen molar-refractivity contribution >= 4 is 0 Å². The first-order valence-corrected chi connectivity index (χ1v) is 4.57. The molecule has 0 saturated carbocycles. The van der Waals surface area contributed by atoms with Crippen LogP contribution in [0.3, 0.4) is 0 Å². The molecule has 4 N–H and O–H groups in total. The van der Waals surface area contributed by atoms with E-state index in [1.54, 1.807) is 0 Å². The van der Waals surface area contributed by atoms with E-state index < -0.39 is 30.5 Å². The van der Waals surface area contributed by atoms with Crippen LogP contribution >= 0.6 is 0 Å². The number of aliphatic hydroxyl groups excluding tert-OH is 4. The summed E-state index contributed by atoms with van der Waals surface area (Å²) in [7, 11) is 0. The van der Waals surface area contributed by atoms with E-state index in [1.807, 2.05) is 4.90 Å². The van der Waals surface area contributed by atoms with Gasteiger partial charge in [0.2, 0.25) is 0 Å². The maximum Gasteiger partial charge on any atom is 0.109 e. The van der Waals surface area contributed by atoms with Gasteiger partial charge in [0.05, 0.1) is 18.2 Å². The lowest BCUT2D eigenvalue weighted by molar-refractivity contribution is -0.140. The smallest absolute Gasteiger partial charge is 0.109 e. The Morgan fingerprint density at radius 3 is 2.31 bits per heavy atom. The van der Waals surface area contributed by atoms with Crippen LogP contribution in [0.2, 0.25) is 0 Å². The second-order valence-electron chi connectivity index (χ2n) is 3.89. The van der Waals surface area contributed by atoms with Crippen LogP contribution in [0.4, 0.5) is 0 Å². The summed E-state index contributed by atoms with van der Waals surface area (Å²) in [5.41, 5.74) is 0. The van der Waals surface area contributed by atoms with E-state index in [4.69, 9.17) is 0 Å². The molecular weight excluding hydrogens is 174 g/mol. The third kappa shape index (κ3) is 1.37. The SMILES string of the molecule is OC1CN2CC[C@@H](O)C2[C@@H](O)C1O. The molecule has 76 valence electrons. The zero-order valence-electron chi connectivity index (χ0n) is 7.24. The molecule has 2 saturated heterocycles. The number of nitrogens with zero attached hydrogens (tertiary/aromatic N) is 1. The molecule has 2 fully saturated rings. The van der Waals surface area contributed by atoms with Gasteiger partial charge < -0.3 is 20.4 Å². The predicted molar refractivity (Wildman–Crippen MR) is 44.0 cm³/mol. The summed E-state index contributed by atoms with van der Waals surface area (Å²) < 4.78 is 0. The summed E-state index contributed by atoms with van der Waals surface area (Å²) >= 11 is 0. The monoisotopic (exact) mass is 189 g/mol. The van der Waals surface area contributed by atoms with Crippen molar-refractivity contribution in [3.63, 3.8) is 0 Å². The first kappa shape index (κ1) is 9.36. The molecule has 13 heavy (non-hydrogen) atoms. The van der Waals surface area contributed by atoms with Gasteiger partial charge in [-0.2, -0.15) is 0 Å². The van der Waals surface area contributed by atoms with Gasteiger partial charge in [0.25, 0.3) is 0 Å². The third-order valence-corrected chi connectivity index (χ3v) is 3.04. The zero-order valence-corrected chi connectivity index (χ0v) is 7.24. The second kappa shape index (κ2) is 3.18. The Labute approximate surface area is 76.2 Å². The molecule has 2 aliphatic rings. The molecule has 5 atom stereocenters. The zero-order chi connectivity index (χ0) is 9.59. The van der Waals surface area contributed by atoms with Gasteiger partial charge in [-0.05, 0) is 6.42 Å². The lowest BCUT2D eigenvalue weighted by Gasteiger charge is -2.40. The normalized spacial score (nSPS) is 52.2. The average Bonchev–Trinajstić information content (AvgIpc) is 2.43. The van der Waals surface area contributed by atoms with Crippen molar-refractivity contribution < 1.29 is 20.4 Å². The Balaban J connectivity index is 2.15. The number of aliphatic hydroxyl groups is 4. The van der Waals surface area contributed by atoms with E-state index in [1.165, 1.54) is 0 Å². The van der Waals surface area contributed by atoms with Gasteiger partial charge in [-0.3, -0.25) is 4.90 Å². The highest BCUT2D eigenvalue weighted by Crippen LogP contribution is 2.27. The molecule has 0 spiro atoms. The van der Waals surface area contributed by atoms with Crippen molar-refractivity contribution in [2.45, 2.75) is 36.9 Å². The van der Waals surface area contributed by atoms with Crippen LogP contribution in [0.15, 0.2) is 0 Å². The number of piperidine rings is 1. The van der Waals surface area contributed by atoms with Crippen LogP contribution in [-0.4, -0.2) is 68.9 Å². The molecule has 2 heterocycles. The number of fused-ring (bicyclic) bond motifs is 1. The van der Waals surface area contributed by atoms with Crippen LogP contribution in [0.25, 0.3) is 0 Å². The highest BCUT2D eigenvalue weighted by Gasteiger charge is 2.47. The van der Waals surface area contributed by atoms with E-state index in [0.29, 0.717) is 19.5 Å². The van der Waals surface area contributed by atoms with E-state index in [0.717, 1.165) is 0 Å². The van der Waals surface area contributed by atoms with Crippen LogP contribution in [-0.2, 0) is 0 Å². The molecule has 0 aliphatic carbocycles. The molecule has 3 unspecified atom stereocenters. The van der Waals surface area contributed by atoms with Crippen LogP contribution in [0.1, 0.15) is 6.42 Å². The predicted octanol–water partition coefficient (Wildman–Crippen LogP) is -2.48. The fourth-order valence-corrected chi connectivity index (χ4v) is 2.30. The molecule has 0 bridgehead atoms. The van der Waals surface area contributed by atoms with Crippen molar-refractivity contribution in [3.8, 4) is 0 Å². The summed E-state index contributed by atoms with van der Waals surface area (Å²) in [5.74, 6) is 0. The number of hydrogen-bond donors (Lipinski definition) is 4. The van der Waals surface area contributed by atoms with Crippen molar-refractivity contribution in [3.05, 3.63) is 0 Å². The minimum Gasteiger partial charge on any atom is -0.391 e. The average molecular weight is 189 g/mol. The quantitative estimate of drug-likeness (QED) is 0.339. The Morgan fingerprint density at radius 1 is 0.923 bits per heavy atom. The van der Waals surface area contributed by atoms with E-state index in [2.05, 4.69) is 0 Å². The maximum absolute atomic E-state index is 9.58. The highest BCUT2D eigenvalue weighted by atomic mass is 16.4. The number of rotatable bonds is 0. The van der Waals surface area contributed by atoms with E-state index in [9.17, 15) is 20.4 Å². The van der Waals surface area contributed by atoms with Gasteiger partial charge in [0, 0.05) is 13.1 Å². The molecule has 0 amide bonds. The van der Waals surface area contributed by atoms with Crippen LogP contribution in [0, 0.1) is 0 Å². The first-order valence-electron chi connectivity index (χ1n) is 4.57. The van der Waals surface area contributed by atoms with Gasteiger partial charge in [-0.15, -0.1) is 0 Å². The topological polar surface area (TPSA) is 84.2 Å². The van der Waals surface area contributed by atoms with E-state index >= 15 is 0 Å². The van der Waals surface area contributed by atoms with Gasteiger partial charge in [0.1, 0.15) is 12.2 Å². The summed E-state index contributed by atoms with van der Waals surface area (Å²) in [4.78, 5) is 1.83. The first-order chi connectivity index (χ1) is 6.11. The van der Waals surface area contributed by atoms with Gasteiger partial charge in [-0.25, -0.2) is 0 Å². The van der Waals surface area contributed by atoms with Crippen molar-refractivity contribution in [2.75, 3.05) is 13.1 Å². The largest absolute Gasteiger partial charge is 0.391 e. The Kier molecular flexibility index (Phi) is 2.29. The fourth-order valence-electron chi connectivity index (χ4n) is 2.30. The fraction of sp³-hybridized carbons (Fsp3) is 1.00. The lowest BCUT2D eigenvalue weighted by atomic mass is 9.93. The van der Waals surface area contributed by atoms with Crippen molar-refractivity contribution in [1.82, 2.24) is 4.90 Å². The van der Waals surface area contributed by atoms with Crippen LogP contribution in [0.5, 0.6) is 0 Å². The molecule has 2 aliphatic heterocycles. The molecule has 0 radical (unpaired) electrons. The molecule has 5 nitrogen and oxygen atoms in total. The molecular formula is C8H15NO4. The van der Waals surface area contributed by atoms with E-state index in [-0.39, 0.29) is 0 Å². The Hall–Kier alpha value is -0.200. The molecule has 0 aromatic heterocycles. The summed E-state index contributed by atoms with van der Waals surface area (Å²) in [5, 5.41) is 37.8. The van der Waals surface area contributed by atoms with Gasteiger partial charge in [0.15, 0.2) is 0 Å². The Bertz CT molecular complexity index is 201. The third-order valence-electron chi connectivity index (χ3n) is 3.04. The summed E-state index contributed by atoms with van der Waals surface area (Å²) in [6, 6.07) is -0.404. The summed E-state index contributed by atoms with van der Waals surface area (Å²) in [6.45, 7) is 1.01. The molecule has 2 rings (SSSR count). The lowest BCUT2D eigenvalue weighted by Crippen LogP contribution is -2.61. The second-order valence-corrected chi connectivity index (χ2v) is 3.89. The number of hydrogen-bond acceptors (Lipinski definition) is 5. The molecule has 0 aromatic carbocycles. The maximum atomic E-state index is 9.58. The van der Waals surface area contributed by atoms with Gasteiger partial charge >= 0.3 is 0 Å². The highest BCUT2D eigenvalue weighted by molar-refractivity contribution is 5.01. The molecule has 0 aromatic rings.